The van der Waals surface area contributed by atoms with Gasteiger partial charge in [-0.15, -0.1) is 0 Å². The van der Waals surface area contributed by atoms with Crippen LogP contribution in [0.5, 0.6) is 0 Å². The van der Waals surface area contributed by atoms with E-state index >= 15 is 0 Å². The van der Waals surface area contributed by atoms with Crippen LogP contribution in [0.3, 0.4) is 0 Å². The Hall–Kier alpha value is -0.0800. The Morgan fingerprint density at radius 1 is 0.609 bits per heavy atom. The Labute approximate surface area is 145 Å². The maximum Gasteiger partial charge on any atom is 0.0629 e. The Bertz CT molecular complexity index is 279. The summed E-state index contributed by atoms with van der Waals surface area (Å²) in [6.45, 7) is 21.4. The number of hydrogen-bond donors (Lipinski definition) is 0. The summed E-state index contributed by atoms with van der Waals surface area (Å²) >= 11 is 0. The molecule has 0 aromatic carbocycles. The molecule has 2 heterocycles. The molecule has 0 aliphatic carbocycles. The average Bonchev–Trinajstić information content (AvgIpc) is 2.97. The van der Waals surface area contributed by atoms with E-state index in [-0.39, 0.29) is 0 Å². The van der Waals surface area contributed by atoms with Crippen molar-refractivity contribution in [3.8, 4) is 0 Å². The van der Waals surface area contributed by atoms with Crippen LogP contribution in [0.4, 0.5) is 0 Å². The third-order valence-electron chi connectivity index (χ3n) is 5.87. The van der Waals surface area contributed by atoms with E-state index in [2.05, 4.69) is 55.4 Å². The van der Waals surface area contributed by atoms with Crippen LogP contribution < -0.4 is 0 Å². The van der Waals surface area contributed by atoms with Crippen molar-refractivity contribution in [1.29, 1.82) is 0 Å². The average molecular weight is 327 g/mol. The minimum atomic E-state index is 0.523. The number of hydrogen-bond acceptors (Lipinski definition) is 2. The van der Waals surface area contributed by atoms with Crippen molar-refractivity contribution in [2.75, 3.05) is 19.8 Å². The molecule has 138 valence electrons. The van der Waals surface area contributed by atoms with Gasteiger partial charge in [0.1, 0.15) is 0 Å². The lowest BCUT2D eigenvalue weighted by atomic mass is 9.75. The molecule has 2 aliphatic heterocycles. The van der Waals surface area contributed by atoms with Gasteiger partial charge in [-0.3, -0.25) is 0 Å². The number of rotatable bonds is 4. The van der Waals surface area contributed by atoms with Gasteiger partial charge in [-0.1, -0.05) is 55.4 Å². The van der Waals surface area contributed by atoms with E-state index in [9.17, 15) is 0 Å². The number of ether oxygens (including phenoxy) is 2. The minimum absolute atomic E-state index is 0.523. The lowest BCUT2D eigenvalue weighted by Crippen LogP contribution is -2.34. The zero-order chi connectivity index (χ0) is 17.6. The lowest BCUT2D eigenvalue weighted by Gasteiger charge is -2.36. The standard InChI is InChI=1S/C11H22O.C10H20O/c1-8(2)10-5-6-12-7-11(10)9(3)4;1-7(2)9-5-6-11-10(9)8(3)4/h8-11H,5-7H2,1-4H3;7-10H,5-6H2,1-4H3. The molecule has 2 nitrogen and oxygen atoms in total. The van der Waals surface area contributed by atoms with Crippen molar-refractivity contribution in [2.45, 2.75) is 74.3 Å². The maximum absolute atomic E-state index is 5.69. The molecule has 0 aromatic heterocycles. The largest absolute Gasteiger partial charge is 0.381 e. The third-order valence-corrected chi connectivity index (χ3v) is 5.87. The summed E-state index contributed by atoms with van der Waals surface area (Å²) in [5, 5.41) is 0. The van der Waals surface area contributed by atoms with Crippen LogP contribution in [0, 0.1) is 41.4 Å². The Balaban J connectivity index is 0.000000231. The van der Waals surface area contributed by atoms with Crippen molar-refractivity contribution >= 4 is 0 Å². The van der Waals surface area contributed by atoms with Crippen molar-refractivity contribution < 1.29 is 9.47 Å². The molecule has 23 heavy (non-hydrogen) atoms. The first kappa shape index (κ1) is 21.0. The zero-order valence-corrected chi connectivity index (χ0v) is 17.0. The SMILES string of the molecule is CC(C)C1CCOC1C(C)C.CC(C)C1CCOCC1C(C)C. The predicted molar refractivity (Wildman–Crippen MR) is 99.6 cm³/mol. The van der Waals surface area contributed by atoms with E-state index in [1.54, 1.807) is 0 Å². The molecule has 2 fully saturated rings. The zero-order valence-electron chi connectivity index (χ0n) is 17.0. The van der Waals surface area contributed by atoms with Crippen LogP contribution >= 0.6 is 0 Å². The second-order valence-corrected chi connectivity index (χ2v) is 8.96. The van der Waals surface area contributed by atoms with Crippen LogP contribution in [0.25, 0.3) is 0 Å². The van der Waals surface area contributed by atoms with Crippen LogP contribution in [0.15, 0.2) is 0 Å². The van der Waals surface area contributed by atoms with Gasteiger partial charge in [-0.05, 0) is 54.3 Å². The molecule has 2 heteroatoms. The topological polar surface area (TPSA) is 18.5 Å². The molecule has 0 bridgehead atoms. The molecular formula is C21H42O2. The molecule has 4 atom stereocenters. The van der Waals surface area contributed by atoms with Crippen molar-refractivity contribution in [3.63, 3.8) is 0 Å². The Morgan fingerprint density at radius 2 is 1.13 bits per heavy atom. The first-order valence-electron chi connectivity index (χ1n) is 9.95. The Morgan fingerprint density at radius 3 is 1.52 bits per heavy atom. The molecular weight excluding hydrogens is 284 g/mol. The molecule has 0 spiro atoms. The van der Waals surface area contributed by atoms with Gasteiger partial charge in [0.15, 0.2) is 0 Å². The van der Waals surface area contributed by atoms with Gasteiger partial charge >= 0.3 is 0 Å². The van der Waals surface area contributed by atoms with E-state index in [1.165, 1.54) is 12.8 Å². The molecule has 2 saturated heterocycles. The first-order chi connectivity index (χ1) is 10.8. The van der Waals surface area contributed by atoms with Gasteiger partial charge in [-0.2, -0.15) is 0 Å². The van der Waals surface area contributed by atoms with Crippen molar-refractivity contribution in [2.24, 2.45) is 41.4 Å². The highest BCUT2D eigenvalue weighted by Crippen LogP contribution is 2.33. The highest BCUT2D eigenvalue weighted by Gasteiger charge is 2.32. The molecule has 4 unspecified atom stereocenters. The van der Waals surface area contributed by atoms with Gasteiger partial charge in [0, 0.05) is 19.8 Å². The third kappa shape index (κ3) is 6.38. The van der Waals surface area contributed by atoms with E-state index < -0.39 is 0 Å². The summed E-state index contributed by atoms with van der Waals surface area (Å²) < 4.78 is 11.2. The second-order valence-electron chi connectivity index (χ2n) is 8.96. The fourth-order valence-corrected chi connectivity index (χ4v) is 4.32. The molecule has 0 amide bonds. The summed E-state index contributed by atoms with van der Waals surface area (Å²) in [7, 11) is 0. The fourth-order valence-electron chi connectivity index (χ4n) is 4.32. The van der Waals surface area contributed by atoms with Crippen LogP contribution in [-0.4, -0.2) is 25.9 Å². The fraction of sp³-hybridized carbons (Fsp3) is 1.00. The van der Waals surface area contributed by atoms with Crippen molar-refractivity contribution in [3.05, 3.63) is 0 Å². The van der Waals surface area contributed by atoms with E-state index in [4.69, 9.17) is 9.47 Å². The molecule has 2 rings (SSSR count). The summed E-state index contributed by atoms with van der Waals surface area (Å²) in [4.78, 5) is 0. The summed E-state index contributed by atoms with van der Waals surface area (Å²) in [5.74, 6) is 5.54. The van der Waals surface area contributed by atoms with Gasteiger partial charge < -0.3 is 9.47 Å². The minimum Gasteiger partial charge on any atom is -0.381 e. The van der Waals surface area contributed by atoms with Crippen LogP contribution in [0.1, 0.15) is 68.2 Å². The molecule has 2 aliphatic rings. The lowest BCUT2D eigenvalue weighted by molar-refractivity contribution is -0.0177. The maximum atomic E-state index is 5.69. The van der Waals surface area contributed by atoms with Gasteiger partial charge in [0.2, 0.25) is 0 Å². The Kier molecular flexibility index (Phi) is 9.15. The molecule has 0 saturated carbocycles. The predicted octanol–water partition coefficient (Wildman–Crippen LogP) is 5.65. The highest BCUT2D eigenvalue weighted by atomic mass is 16.5. The smallest absolute Gasteiger partial charge is 0.0629 e. The quantitative estimate of drug-likeness (QED) is 0.664. The summed E-state index contributed by atoms with van der Waals surface area (Å²) in [6, 6.07) is 0. The normalized spacial score (nSPS) is 31.8. The van der Waals surface area contributed by atoms with Gasteiger partial charge in [0.25, 0.3) is 0 Å². The van der Waals surface area contributed by atoms with Gasteiger partial charge in [-0.25, -0.2) is 0 Å². The molecule has 0 aromatic rings. The van der Waals surface area contributed by atoms with Crippen molar-refractivity contribution in [1.82, 2.24) is 0 Å². The van der Waals surface area contributed by atoms with Gasteiger partial charge in [0.05, 0.1) is 6.10 Å². The summed E-state index contributed by atoms with van der Waals surface area (Å²) in [5.41, 5.74) is 0. The molecule has 0 radical (unpaired) electrons. The second kappa shape index (κ2) is 10.0. The first-order valence-corrected chi connectivity index (χ1v) is 9.95. The molecule has 0 N–H and O–H groups in total. The summed E-state index contributed by atoms with van der Waals surface area (Å²) in [6.07, 6.45) is 3.05. The monoisotopic (exact) mass is 326 g/mol. The van der Waals surface area contributed by atoms with Crippen LogP contribution in [0.2, 0.25) is 0 Å². The van der Waals surface area contributed by atoms with E-state index in [1.807, 2.05) is 0 Å². The highest BCUT2D eigenvalue weighted by molar-refractivity contribution is 4.80. The van der Waals surface area contributed by atoms with E-state index in [0.717, 1.165) is 55.3 Å². The van der Waals surface area contributed by atoms with Crippen LogP contribution in [-0.2, 0) is 9.47 Å². The van der Waals surface area contributed by atoms with E-state index in [0.29, 0.717) is 12.0 Å².